The molecule has 0 saturated heterocycles. The fraction of sp³-hybridized carbons (Fsp3) is 0.650. The Morgan fingerprint density at radius 2 is 1.32 bits per heavy atom. The van der Waals surface area contributed by atoms with Crippen molar-refractivity contribution in [1.29, 1.82) is 0 Å². The van der Waals surface area contributed by atoms with Crippen LogP contribution >= 0.6 is 0 Å². The summed E-state index contributed by atoms with van der Waals surface area (Å²) in [6, 6.07) is -0.139. The normalized spacial score (nSPS) is 18.6. The predicted molar refractivity (Wildman–Crippen MR) is 96.1 cm³/mol. The molecule has 0 spiro atoms. The zero-order valence-corrected chi connectivity index (χ0v) is 13.8. The Morgan fingerprint density at radius 3 is 1.91 bits per heavy atom. The number of aliphatic carboxylic acids is 1. The lowest BCUT2D eigenvalue weighted by molar-refractivity contribution is -0.137. The maximum absolute atomic E-state index is 10.5. The summed E-state index contributed by atoms with van der Waals surface area (Å²) in [5.41, 5.74) is 0. The van der Waals surface area contributed by atoms with Gasteiger partial charge in [0, 0.05) is 6.42 Å². The summed E-state index contributed by atoms with van der Waals surface area (Å²) < 4.78 is 47.3. The molecule has 0 amide bonds. The predicted octanol–water partition coefficient (Wildman–Crippen LogP) is 6.44. The van der Waals surface area contributed by atoms with Gasteiger partial charge in [0.15, 0.2) is 0 Å². The molecule has 0 rings (SSSR count). The van der Waals surface area contributed by atoms with Crippen LogP contribution in [0.25, 0.3) is 0 Å². The molecular weight excluding hydrogens is 272 g/mol. The van der Waals surface area contributed by atoms with Crippen LogP contribution in [0.5, 0.6) is 0 Å². The van der Waals surface area contributed by atoms with E-state index >= 15 is 0 Å². The molecule has 2 heteroatoms. The van der Waals surface area contributed by atoms with E-state index in [0.717, 1.165) is 19.3 Å². The quantitative estimate of drug-likeness (QED) is 0.279. The minimum Gasteiger partial charge on any atom is -0.481 e. The van der Waals surface area contributed by atoms with Crippen molar-refractivity contribution in [2.24, 2.45) is 0 Å². The average molecular weight is 313 g/mol. The maximum Gasteiger partial charge on any atom is 0.303 e. The Balaban J connectivity index is 4.58. The van der Waals surface area contributed by atoms with E-state index in [1.54, 1.807) is 0 Å². The summed E-state index contributed by atoms with van der Waals surface area (Å²) in [6.07, 6.45) is 7.21. The average Bonchev–Trinajstić information content (AvgIpc) is 2.63. The number of carboxylic acids is 1. The van der Waals surface area contributed by atoms with Gasteiger partial charge >= 0.3 is 5.97 Å². The van der Waals surface area contributed by atoms with Gasteiger partial charge in [-0.25, -0.2) is 0 Å². The van der Waals surface area contributed by atoms with E-state index in [9.17, 15) is 4.79 Å². The minimum absolute atomic E-state index is 0.0234. The van der Waals surface area contributed by atoms with E-state index in [2.05, 4.69) is 6.92 Å². The van der Waals surface area contributed by atoms with Gasteiger partial charge in [0.05, 0.1) is 8.22 Å². The highest BCUT2D eigenvalue weighted by molar-refractivity contribution is 5.66. The van der Waals surface area contributed by atoms with E-state index in [4.69, 9.17) is 13.3 Å². The molecule has 22 heavy (non-hydrogen) atoms. The van der Waals surface area contributed by atoms with Crippen LogP contribution in [0.3, 0.4) is 0 Å². The van der Waals surface area contributed by atoms with Crippen LogP contribution in [0, 0.1) is 0 Å². The molecule has 0 aliphatic carbocycles. The van der Waals surface area contributed by atoms with Crippen molar-refractivity contribution >= 4 is 5.97 Å². The van der Waals surface area contributed by atoms with Crippen molar-refractivity contribution in [2.45, 2.75) is 84.0 Å². The second-order valence-electron chi connectivity index (χ2n) is 5.18. The summed E-state index contributed by atoms with van der Waals surface area (Å²) >= 11 is 0. The standard InChI is InChI=1S/C20H34O2/c1-2-3-4-5-6-7-8-9-10-11-12-13-14-15-16-17-18-19-20(21)22/h9-10,12-13,15-16H,2-8,11,14,17-19H2,1H3,(H,21,22)/b10-9+,13-12-,16-15-/i9D,10D,12D,13D,15D,16D. The van der Waals surface area contributed by atoms with Gasteiger partial charge in [0.25, 0.3) is 0 Å². The van der Waals surface area contributed by atoms with Gasteiger partial charge < -0.3 is 5.11 Å². The van der Waals surface area contributed by atoms with Crippen LogP contribution in [0.15, 0.2) is 36.3 Å². The fourth-order valence-electron chi connectivity index (χ4n) is 1.84. The Hall–Kier alpha value is -1.31. The highest BCUT2D eigenvalue weighted by Gasteiger charge is 1.92. The fourth-order valence-corrected chi connectivity index (χ4v) is 1.84. The largest absolute Gasteiger partial charge is 0.481 e. The van der Waals surface area contributed by atoms with Crippen molar-refractivity contribution in [3.05, 3.63) is 36.3 Å². The van der Waals surface area contributed by atoms with E-state index in [0.29, 0.717) is 6.42 Å². The van der Waals surface area contributed by atoms with Crippen LogP contribution in [0.1, 0.15) is 92.2 Å². The van der Waals surface area contributed by atoms with E-state index in [1.165, 1.54) is 19.3 Å². The first-order valence-corrected chi connectivity index (χ1v) is 8.36. The first-order valence-electron chi connectivity index (χ1n) is 11.4. The molecule has 0 atom stereocenters. The molecule has 0 fully saturated rings. The number of hydrogen-bond donors (Lipinski definition) is 1. The Morgan fingerprint density at radius 1 is 0.818 bits per heavy atom. The minimum atomic E-state index is -0.948. The molecule has 0 radical (unpaired) electrons. The Bertz CT molecular complexity index is 581. The molecule has 0 aliphatic rings. The second kappa shape index (κ2) is 17.7. The lowest BCUT2D eigenvalue weighted by atomic mass is 10.1. The molecule has 1 N–H and O–H groups in total. The number of carbonyl (C=O) groups is 1. The molecule has 0 saturated carbocycles. The van der Waals surface area contributed by atoms with E-state index in [-0.39, 0.29) is 68.4 Å². The number of carboxylic acid groups (broad SMARTS) is 1. The van der Waals surface area contributed by atoms with Crippen molar-refractivity contribution in [3.63, 3.8) is 0 Å². The summed E-state index contributed by atoms with van der Waals surface area (Å²) in [6.45, 7) is 2.16. The first kappa shape index (κ1) is 12.2. The third kappa shape index (κ3) is 18.7. The smallest absolute Gasteiger partial charge is 0.303 e. The zero-order chi connectivity index (χ0) is 21.5. The molecule has 2 nitrogen and oxygen atoms in total. The summed E-state index contributed by atoms with van der Waals surface area (Å²) in [4.78, 5) is 10.5. The molecule has 0 aromatic rings. The third-order valence-corrected chi connectivity index (χ3v) is 3.08. The second-order valence-corrected chi connectivity index (χ2v) is 5.18. The highest BCUT2D eigenvalue weighted by Crippen LogP contribution is 2.07. The van der Waals surface area contributed by atoms with Crippen molar-refractivity contribution in [1.82, 2.24) is 0 Å². The summed E-state index contributed by atoms with van der Waals surface area (Å²) in [5, 5.41) is 8.59. The highest BCUT2D eigenvalue weighted by atomic mass is 16.4. The number of rotatable bonds is 15. The number of hydrogen-bond acceptors (Lipinski definition) is 1. The zero-order valence-electron chi connectivity index (χ0n) is 19.8. The molecule has 0 heterocycles. The SMILES string of the molecule is [2H]/C(CCCC(=O)O)=C(\[2H])C/C([2H])=C(/[2H])C/C([2H])=C(\[2H])CCCCCCCC. The molecule has 0 unspecified atom stereocenters. The molecule has 0 aromatic heterocycles. The lowest BCUT2D eigenvalue weighted by Gasteiger charge is -1.97. The van der Waals surface area contributed by atoms with E-state index in [1.807, 2.05) is 0 Å². The van der Waals surface area contributed by atoms with Gasteiger partial charge in [0.2, 0.25) is 0 Å². The van der Waals surface area contributed by atoms with Gasteiger partial charge in [-0.1, -0.05) is 75.3 Å². The number of allylic oxidation sites excluding steroid dienone is 6. The molecule has 0 aromatic carbocycles. The number of unbranched alkanes of at least 4 members (excludes halogenated alkanes) is 5. The van der Waals surface area contributed by atoms with Crippen LogP contribution in [-0.4, -0.2) is 11.1 Å². The maximum atomic E-state index is 10.5. The molecular formula is C20H34O2. The molecule has 0 bridgehead atoms. The Kier molecular flexibility index (Phi) is 9.80. The third-order valence-electron chi connectivity index (χ3n) is 3.08. The monoisotopic (exact) mass is 312 g/mol. The first-order chi connectivity index (χ1) is 13.2. The van der Waals surface area contributed by atoms with Crippen LogP contribution in [0.4, 0.5) is 0 Å². The van der Waals surface area contributed by atoms with Crippen molar-refractivity contribution in [3.8, 4) is 0 Å². The Labute approximate surface area is 145 Å². The van der Waals surface area contributed by atoms with Gasteiger partial charge in [-0.05, 0) is 38.5 Å². The van der Waals surface area contributed by atoms with Crippen LogP contribution < -0.4 is 0 Å². The summed E-state index contributed by atoms with van der Waals surface area (Å²) in [5.74, 6) is -0.948. The van der Waals surface area contributed by atoms with Gasteiger partial charge in [-0.3, -0.25) is 4.79 Å². The van der Waals surface area contributed by atoms with Gasteiger partial charge in [-0.2, -0.15) is 0 Å². The summed E-state index contributed by atoms with van der Waals surface area (Å²) in [7, 11) is 0. The van der Waals surface area contributed by atoms with E-state index < -0.39 is 5.97 Å². The van der Waals surface area contributed by atoms with Crippen molar-refractivity contribution < 1.29 is 18.1 Å². The van der Waals surface area contributed by atoms with Crippen LogP contribution in [-0.2, 0) is 4.79 Å². The van der Waals surface area contributed by atoms with Gasteiger partial charge in [-0.15, -0.1) is 0 Å². The molecule has 126 valence electrons. The van der Waals surface area contributed by atoms with Gasteiger partial charge in [0.1, 0.15) is 0 Å². The van der Waals surface area contributed by atoms with Crippen LogP contribution in [0.2, 0.25) is 0 Å². The molecule has 0 aliphatic heterocycles. The topological polar surface area (TPSA) is 37.3 Å². The lowest BCUT2D eigenvalue weighted by Crippen LogP contribution is -1.92. The van der Waals surface area contributed by atoms with Crippen molar-refractivity contribution in [2.75, 3.05) is 0 Å².